The van der Waals surface area contributed by atoms with Gasteiger partial charge in [-0.15, -0.1) is 11.3 Å². The second-order valence-electron chi connectivity index (χ2n) is 16.8. The van der Waals surface area contributed by atoms with E-state index in [9.17, 15) is 0 Å². The van der Waals surface area contributed by atoms with Crippen molar-refractivity contribution in [2.45, 2.75) is 71.6 Å². The van der Waals surface area contributed by atoms with E-state index in [1.165, 1.54) is 98.9 Å². The standard InChI is InChI=1S/C50H39NS.C2H6/c1-48(2)39-22-31(30-16-15-28-11-7-8-12-29(28)21-30)17-19-33(39)35-24-43-37(26-41(35)48)38-27-42-36(25-44(38)50(43,5)6)34-20-18-32(23-40(34)49(42,3)4)47-51-45-13-9-10-14-46(45)52-47;1-2/h7-27H,1-6H3;1-2H3. The lowest BCUT2D eigenvalue weighted by molar-refractivity contribution is 0.649. The summed E-state index contributed by atoms with van der Waals surface area (Å²) in [5.74, 6) is 0. The van der Waals surface area contributed by atoms with E-state index in [2.05, 4.69) is 169 Å². The van der Waals surface area contributed by atoms with Gasteiger partial charge in [0, 0.05) is 21.8 Å². The Labute approximate surface area is 323 Å². The molecule has 0 spiro atoms. The third-order valence-electron chi connectivity index (χ3n) is 12.9. The average molecular weight is 716 g/mol. The largest absolute Gasteiger partial charge is 0.236 e. The molecule has 0 radical (unpaired) electrons. The van der Waals surface area contributed by atoms with Crippen LogP contribution in [0.15, 0.2) is 127 Å². The monoisotopic (exact) mass is 715 g/mol. The predicted octanol–water partition coefficient (Wildman–Crippen LogP) is 14.7. The summed E-state index contributed by atoms with van der Waals surface area (Å²) in [7, 11) is 0. The molecule has 0 aliphatic heterocycles. The molecular formula is C52H45NS. The summed E-state index contributed by atoms with van der Waals surface area (Å²) >= 11 is 1.78. The van der Waals surface area contributed by atoms with Crippen LogP contribution in [0.2, 0.25) is 0 Å². The zero-order valence-corrected chi connectivity index (χ0v) is 33.3. The van der Waals surface area contributed by atoms with Gasteiger partial charge in [0.05, 0.1) is 10.2 Å². The van der Waals surface area contributed by atoms with E-state index in [-0.39, 0.29) is 16.2 Å². The Balaban J connectivity index is 0.00000178. The zero-order valence-electron chi connectivity index (χ0n) is 32.5. The Hall–Kier alpha value is -5.31. The van der Waals surface area contributed by atoms with Crippen molar-refractivity contribution < 1.29 is 0 Å². The molecule has 264 valence electrons. The van der Waals surface area contributed by atoms with Crippen molar-refractivity contribution in [2.75, 3.05) is 0 Å². The summed E-state index contributed by atoms with van der Waals surface area (Å²) < 4.78 is 1.24. The lowest BCUT2D eigenvalue weighted by Gasteiger charge is -2.25. The van der Waals surface area contributed by atoms with Crippen LogP contribution in [-0.4, -0.2) is 4.98 Å². The molecule has 0 N–H and O–H groups in total. The van der Waals surface area contributed by atoms with Gasteiger partial charge in [0.1, 0.15) is 5.01 Å². The second-order valence-corrected chi connectivity index (χ2v) is 17.9. The topological polar surface area (TPSA) is 12.9 Å². The Kier molecular flexibility index (Phi) is 7.00. The van der Waals surface area contributed by atoms with Crippen molar-refractivity contribution in [3.05, 3.63) is 161 Å². The molecule has 0 fully saturated rings. The second kappa shape index (κ2) is 11.4. The summed E-state index contributed by atoms with van der Waals surface area (Å²) in [5.41, 5.74) is 21.4. The quantitative estimate of drug-likeness (QED) is 0.174. The van der Waals surface area contributed by atoms with E-state index in [0.29, 0.717) is 0 Å². The molecule has 1 aromatic heterocycles. The lowest BCUT2D eigenvalue weighted by Crippen LogP contribution is -2.17. The minimum absolute atomic E-state index is 0.108. The third-order valence-corrected chi connectivity index (χ3v) is 14.0. The highest BCUT2D eigenvalue weighted by molar-refractivity contribution is 7.21. The van der Waals surface area contributed by atoms with Gasteiger partial charge in [-0.25, -0.2) is 4.98 Å². The van der Waals surface area contributed by atoms with Crippen molar-refractivity contribution in [3.8, 4) is 55.1 Å². The maximum atomic E-state index is 5.00. The molecule has 8 aromatic rings. The molecule has 2 heteroatoms. The minimum atomic E-state index is -0.120. The van der Waals surface area contributed by atoms with E-state index < -0.39 is 0 Å². The molecule has 0 saturated carbocycles. The molecule has 0 bridgehead atoms. The van der Waals surface area contributed by atoms with Gasteiger partial charge in [-0.3, -0.25) is 0 Å². The van der Waals surface area contributed by atoms with Crippen LogP contribution in [0.3, 0.4) is 0 Å². The van der Waals surface area contributed by atoms with Gasteiger partial charge in [-0.1, -0.05) is 128 Å². The molecule has 1 heterocycles. The summed E-state index contributed by atoms with van der Waals surface area (Å²) in [6, 6.07) is 48.4. The van der Waals surface area contributed by atoms with Crippen LogP contribution in [0.1, 0.15) is 88.8 Å². The number of hydrogen-bond acceptors (Lipinski definition) is 2. The van der Waals surface area contributed by atoms with E-state index >= 15 is 0 Å². The normalized spacial score (nSPS) is 15.9. The Bertz CT molecular complexity index is 2850. The van der Waals surface area contributed by atoms with E-state index in [1.807, 2.05) is 13.8 Å². The Morgan fingerprint density at radius 2 is 0.815 bits per heavy atom. The molecule has 54 heavy (non-hydrogen) atoms. The molecule has 7 aromatic carbocycles. The SMILES string of the molecule is CC.CC1(C)c2cc(-c3ccc4ccccc4c3)ccc2-c2cc3c(cc21)-c1cc2c(cc1C3(C)C)-c1ccc(-c3nc4ccccc4s3)cc1C2(C)C. The van der Waals surface area contributed by atoms with Crippen molar-refractivity contribution >= 4 is 32.3 Å². The highest BCUT2D eigenvalue weighted by atomic mass is 32.1. The average Bonchev–Trinajstić information content (AvgIpc) is 3.85. The number of rotatable bonds is 2. The third kappa shape index (κ3) is 4.47. The number of para-hydroxylation sites is 1. The molecule has 0 unspecified atom stereocenters. The number of nitrogens with zero attached hydrogens (tertiary/aromatic N) is 1. The van der Waals surface area contributed by atoms with E-state index in [0.717, 1.165) is 10.5 Å². The highest BCUT2D eigenvalue weighted by Crippen LogP contribution is 2.59. The fourth-order valence-corrected chi connectivity index (χ4v) is 10.8. The van der Waals surface area contributed by atoms with E-state index in [4.69, 9.17) is 4.98 Å². The summed E-state index contributed by atoms with van der Waals surface area (Å²) in [6.45, 7) is 18.5. The molecule has 1 nitrogen and oxygen atoms in total. The van der Waals surface area contributed by atoms with Crippen LogP contribution in [0.5, 0.6) is 0 Å². The van der Waals surface area contributed by atoms with Crippen LogP contribution in [0.4, 0.5) is 0 Å². The first-order valence-corrected chi connectivity index (χ1v) is 20.4. The van der Waals surface area contributed by atoms with Gasteiger partial charge in [0.25, 0.3) is 0 Å². The maximum Gasteiger partial charge on any atom is 0.124 e. The van der Waals surface area contributed by atoms with E-state index in [1.54, 1.807) is 11.3 Å². The first-order valence-electron chi connectivity index (χ1n) is 19.5. The van der Waals surface area contributed by atoms with Crippen LogP contribution < -0.4 is 0 Å². The van der Waals surface area contributed by atoms with Crippen LogP contribution >= 0.6 is 11.3 Å². The van der Waals surface area contributed by atoms with Gasteiger partial charge < -0.3 is 0 Å². The maximum absolute atomic E-state index is 5.00. The summed E-state index contributed by atoms with van der Waals surface area (Å²) in [5, 5.41) is 3.66. The van der Waals surface area contributed by atoms with Crippen LogP contribution in [0.25, 0.3) is 76.1 Å². The molecule has 3 aliphatic rings. The molecule has 3 aliphatic carbocycles. The fourth-order valence-electron chi connectivity index (χ4n) is 9.86. The fraction of sp³-hybridized carbons (Fsp3) is 0.212. The smallest absolute Gasteiger partial charge is 0.124 e. The Morgan fingerprint density at radius 3 is 1.39 bits per heavy atom. The molecule has 0 amide bonds. The van der Waals surface area contributed by atoms with Gasteiger partial charge in [0.2, 0.25) is 0 Å². The number of fused-ring (bicyclic) bond motifs is 11. The highest BCUT2D eigenvalue weighted by Gasteiger charge is 2.44. The van der Waals surface area contributed by atoms with Crippen molar-refractivity contribution in [3.63, 3.8) is 0 Å². The van der Waals surface area contributed by atoms with Crippen molar-refractivity contribution in [1.29, 1.82) is 0 Å². The molecule has 11 rings (SSSR count). The predicted molar refractivity (Wildman–Crippen MR) is 232 cm³/mol. The number of benzene rings is 7. The van der Waals surface area contributed by atoms with Crippen molar-refractivity contribution in [2.24, 2.45) is 0 Å². The molecular weight excluding hydrogens is 671 g/mol. The summed E-state index contributed by atoms with van der Waals surface area (Å²) in [4.78, 5) is 5.00. The van der Waals surface area contributed by atoms with Gasteiger partial charge >= 0.3 is 0 Å². The number of aromatic nitrogens is 1. The Morgan fingerprint density at radius 1 is 0.389 bits per heavy atom. The summed E-state index contributed by atoms with van der Waals surface area (Å²) in [6.07, 6.45) is 0. The minimum Gasteiger partial charge on any atom is -0.236 e. The van der Waals surface area contributed by atoms with Crippen LogP contribution in [-0.2, 0) is 16.2 Å². The van der Waals surface area contributed by atoms with Gasteiger partial charge in [-0.05, 0) is 143 Å². The first kappa shape index (κ1) is 33.3. The van der Waals surface area contributed by atoms with Crippen LogP contribution in [0, 0.1) is 0 Å². The molecule has 0 saturated heterocycles. The number of thiazole rings is 1. The zero-order chi connectivity index (χ0) is 37.3. The lowest BCUT2D eigenvalue weighted by atomic mass is 9.78. The number of hydrogen-bond donors (Lipinski definition) is 0. The first-order chi connectivity index (χ1) is 26.0. The van der Waals surface area contributed by atoms with Gasteiger partial charge in [-0.2, -0.15) is 0 Å². The van der Waals surface area contributed by atoms with Gasteiger partial charge in [0.15, 0.2) is 0 Å². The van der Waals surface area contributed by atoms with Crippen molar-refractivity contribution in [1.82, 2.24) is 4.98 Å². The molecule has 0 atom stereocenters.